The van der Waals surface area contributed by atoms with E-state index in [0.717, 1.165) is 16.4 Å². The topological polar surface area (TPSA) is 90.0 Å². The molecule has 0 atom stereocenters. The van der Waals surface area contributed by atoms with Crippen LogP contribution in [0.25, 0.3) is 0 Å². The highest BCUT2D eigenvalue weighted by atomic mass is 32.2. The van der Waals surface area contributed by atoms with Crippen LogP contribution in [0.2, 0.25) is 0 Å². The van der Waals surface area contributed by atoms with Crippen molar-refractivity contribution in [3.05, 3.63) is 59.9 Å². The highest BCUT2D eigenvalue weighted by molar-refractivity contribution is 7.89. The summed E-state index contributed by atoms with van der Waals surface area (Å²) in [6.45, 7) is 2.05. The summed E-state index contributed by atoms with van der Waals surface area (Å²) >= 11 is 0. The molecule has 9 heteroatoms. The molecular weight excluding hydrogens is 413 g/mol. The lowest BCUT2D eigenvalue weighted by molar-refractivity contribution is -0.142. The Balaban J connectivity index is 1.76. The van der Waals surface area contributed by atoms with Gasteiger partial charge in [-0.25, -0.2) is 17.1 Å². The molecule has 2 rings (SSSR count). The Morgan fingerprint density at radius 3 is 2.27 bits per heavy atom. The summed E-state index contributed by atoms with van der Waals surface area (Å²) in [6, 6.07) is 11.0. The number of hydrogen-bond acceptors (Lipinski definition) is 6. The predicted molar refractivity (Wildman–Crippen MR) is 108 cm³/mol. The molecule has 0 N–H and O–H groups in total. The minimum absolute atomic E-state index is 0.0325. The third-order valence-electron chi connectivity index (χ3n) is 4.23. The lowest BCUT2D eigenvalue weighted by Crippen LogP contribution is -2.28. The van der Waals surface area contributed by atoms with Crippen LogP contribution in [0.15, 0.2) is 53.4 Å². The van der Waals surface area contributed by atoms with Gasteiger partial charge in [0.15, 0.2) is 12.4 Å². The van der Waals surface area contributed by atoms with Gasteiger partial charge in [-0.2, -0.15) is 0 Å². The SMILES string of the molecule is CCOc1ccc(C(=O)COC(=O)CCCN(C)S(=O)(=O)c2ccc(F)cc2)cc1. The van der Waals surface area contributed by atoms with Crippen molar-refractivity contribution >= 4 is 21.8 Å². The molecule has 162 valence electrons. The molecule has 2 aromatic carbocycles. The van der Waals surface area contributed by atoms with Gasteiger partial charge in [0.05, 0.1) is 11.5 Å². The molecule has 0 unspecified atom stereocenters. The van der Waals surface area contributed by atoms with Crippen LogP contribution < -0.4 is 4.74 Å². The number of ketones is 1. The van der Waals surface area contributed by atoms with Crippen molar-refractivity contribution in [1.82, 2.24) is 4.31 Å². The summed E-state index contributed by atoms with van der Waals surface area (Å²) in [6.07, 6.45) is 0.173. The number of carbonyl (C=O) groups is 2. The molecule has 0 heterocycles. The fourth-order valence-electron chi connectivity index (χ4n) is 2.56. The minimum atomic E-state index is -3.77. The van der Waals surface area contributed by atoms with E-state index in [9.17, 15) is 22.4 Å². The zero-order valence-corrected chi connectivity index (χ0v) is 17.7. The van der Waals surface area contributed by atoms with Gasteiger partial charge >= 0.3 is 5.97 Å². The van der Waals surface area contributed by atoms with Gasteiger partial charge in [-0.05, 0) is 61.9 Å². The van der Waals surface area contributed by atoms with Gasteiger partial charge in [0.25, 0.3) is 0 Å². The van der Waals surface area contributed by atoms with Crippen LogP contribution in [-0.2, 0) is 19.6 Å². The molecular formula is C21H24FNO6S. The Labute approximate surface area is 175 Å². The molecule has 0 spiro atoms. The smallest absolute Gasteiger partial charge is 0.306 e. The van der Waals surface area contributed by atoms with Crippen molar-refractivity contribution in [1.29, 1.82) is 0 Å². The first-order valence-corrected chi connectivity index (χ1v) is 10.8. The quantitative estimate of drug-likeness (QED) is 0.397. The third kappa shape index (κ3) is 6.64. The summed E-state index contributed by atoms with van der Waals surface area (Å²) in [5.41, 5.74) is 0.399. The number of sulfonamides is 1. The number of rotatable bonds is 11. The van der Waals surface area contributed by atoms with E-state index in [-0.39, 0.29) is 30.1 Å². The fraction of sp³-hybridized carbons (Fsp3) is 0.333. The Bertz CT molecular complexity index is 958. The van der Waals surface area contributed by atoms with Gasteiger partial charge in [0.2, 0.25) is 10.0 Å². The second kappa shape index (κ2) is 10.8. The van der Waals surface area contributed by atoms with E-state index in [0.29, 0.717) is 17.9 Å². The minimum Gasteiger partial charge on any atom is -0.494 e. The molecule has 7 nitrogen and oxygen atoms in total. The Hall–Kier alpha value is -2.78. The summed E-state index contributed by atoms with van der Waals surface area (Å²) in [4.78, 5) is 23.9. The van der Waals surface area contributed by atoms with Crippen LogP contribution in [0.4, 0.5) is 4.39 Å². The maximum Gasteiger partial charge on any atom is 0.306 e. The monoisotopic (exact) mass is 437 g/mol. The number of halogens is 1. The van der Waals surface area contributed by atoms with Crippen LogP contribution >= 0.6 is 0 Å². The van der Waals surface area contributed by atoms with Crippen molar-refractivity contribution in [3.63, 3.8) is 0 Å². The largest absolute Gasteiger partial charge is 0.494 e. The van der Waals surface area contributed by atoms with E-state index in [2.05, 4.69) is 0 Å². The third-order valence-corrected chi connectivity index (χ3v) is 6.10. The van der Waals surface area contributed by atoms with Gasteiger partial charge in [-0.3, -0.25) is 9.59 Å². The van der Waals surface area contributed by atoms with Gasteiger partial charge in [0.1, 0.15) is 11.6 Å². The standard InChI is InChI=1S/C21H24FNO6S/c1-3-28-18-10-6-16(7-11-18)20(24)15-29-21(25)5-4-14-23(2)30(26,27)19-12-8-17(22)9-13-19/h6-13H,3-5,14-15H2,1-2H3. The van der Waals surface area contributed by atoms with Crippen molar-refractivity contribution < 1.29 is 31.9 Å². The van der Waals surface area contributed by atoms with Crippen molar-refractivity contribution in [2.45, 2.75) is 24.7 Å². The molecule has 0 aromatic heterocycles. The Kier molecular flexibility index (Phi) is 8.49. The summed E-state index contributed by atoms with van der Waals surface area (Å²) in [7, 11) is -2.40. The first-order chi connectivity index (χ1) is 14.2. The number of esters is 1. The molecule has 0 saturated carbocycles. The predicted octanol–water partition coefficient (Wildman–Crippen LogP) is 3.05. The molecule has 2 aromatic rings. The zero-order chi connectivity index (χ0) is 22.1. The van der Waals surface area contributed by atoms with E-state index >= 15 is 0 Å². The molecule has 0 aliphatic rings. The van der Waals surface area contributed by atoms with Gasteiger partial charge < -0.3 is 9.47 Å². The van der Waals surface area contributed by atoms with Crippen LogP contribution in [0.5, 0.6) is 5.75 Å². The number of hydrogen-bond donors (Lipinski definition) is 0. The molecule has 0 aliphatic carbocycles. The molecule has 0 saturated heterocycles. The lowest BCUT2D eigenvalue weighted by atomic mass is 10.1. The Morgan fingerprint density at radius 1 is 1.03 bits per heavy atom. The summed E-state index contributed by atoms with van der Waals surface area (Å²) in [5, 5.41) is 0. The molecule has 0 bridgehead atoms. The van der Waals surface area contributed by atoms with Crippen molar-refractivity contribution in [2.75, 3.05) is 26.8 Å². The lowest BCUT2D eigenvalue weighted by Gasteiger charge is -2.16. The van der Waals surface area contributed by atoms with E-state index in [1.165, 1.54) is 19.2 Å². The average Bonchev–Trinajstić information content (AvgIpc) is 2.73. The van der Waals surface area contributed by atoms with Gasteiger partial charge in [-0.1, -0.05) is 0 Å². The second-order valence-electron chi connectivity index (χ2n) is 6.43. The highest BCUT2D eigenvalue weighted by Gasteiger charge is 2.20. The zero-order valence-electron chi connectivity index (χ0n) is 16.8. The number of benzene rings is 2. The van der Waals surface area contributed by atoms with E-state index in [1.54, 1.807) is 24.3 Å². The highest BCUT2D eigenvalue weighted by Crippen LogP contribution is 2.16. The molecule has 0 fully saturated rings. The number of ether oxygens (including phenoxy) is 2. The molecule has 0 aliphatic heterocycles. The number of Topliss-reactive ketones (excluding diaryl/α,β-unsaturated/α-hetero) is 1. The normalized spacial score (nSPS) is 11.3. The molecule has 0 radical (unpaired) electrons. The van der Waals surface area contributed by atoms with Crippen molar-refractivity contribution in [2.24, 2.45) is 0 Å². The van der Waals surface area contributed by atoms with E-state index < -0.39 is 28.4 Å². The number of nitrogens with zero attached hydrogens (tertiary/aromatic N) is 1. The summed E-state index contributed by atoms with van der Waals surface area (Å²) < 4.78 is 49.1. The molecule has 0 amide bonds. The molecule has 30 heavy (non-hydrogen) atoms. The van der Waals surface area contributed by atoms with Gasteiger partial charge in [0, 0.05) is 25.6 Å². The maximum atomic E-state index is 13.0. The van der Waals surface area contributed by atoms with E-state index in [1.807, 2.05) is 6.92 Å². The van der Waals surface area contributed by atoms with Crippen LogP contribution in [0.1, 0.15) is 30.1 Å². The Morgan fingerprint density at radius 2 is 1.67 bits per heavy atom. The summed E-state index contributed by atoms with van der Waals surface area (Å²) in [5.74, 6) is -0.825. The van der Waals surface area contributed by atoms with Gasteiger partial charge in [-0.15, -0.1) is 0 Å². The maximum absolute atomic E-state index is 13.0. The fourth-order valence-corrected chi connectivity index (χ4v) is 3.77. The van der Waals surface area contributed by atoms with E-state index in [4.69, 9.17) is 9.47 Å². The number of carbonyl (C=O) groups excluding carboxylic acids is 2. The first-order valence-electron chi connectivity index (χ1n) is 9.37. The van der Waals surface area contributed by atoms with Crippen molar-refractivity contribution in [3.8, 4) is 5.75 Å². The first kappa shape index (κ1) is 23.5. The second-order valence-corrected chi connectivity index (χ2v) is 8.47. The average molecular weight is 437 g/mol. The van der Waals surface area contributed by atoms with Crippen LogP contribution in [0, 0.1) is 5.82 Å². The van der Waals surface area contributed by atoms with Crippen LogP contribution in [0.3, 0.4) is 0 Å². The van der Waals surface area contributed by atoms with Crippen LogP contribution in [-0.4, -0.2) is 51.3 Å².